The van der Waals surface area contributed by atoms with E-state index in [-0.39, 0.29) is 0 Å². The maximum Gasteiger partial charge on any atom is 0.0994 e. The molecule has 0 heterocycles. The van der Waals surface area contributed by atoms with Gasteiger partial charge in [-0.25, -0.2) is 0 Å². The van der Waals surface area contributed by atoms with E-state index < -0.39 is 0 Å². The van der Waals surface area contributed by atoms with Gasteiger partial charge in [0, 0.05) is 5.69 Å². The van der Waals surface area contributed by atoms with Gasteiger partial charge in [-0.1, -0.05) is 23.7 Å². The van der Waals surface area contributed by atoms with E-state index in [0.29, 0.717) is 10.6 Å². The average Bonchev–Trinajstić information content (AvgIpc) is 2.32. The number of rotatable bonds is 2. The number of hydrogen-bond donors (Lipinski definition) is 1. The lowest BCUT2D eigenvalue weighted by Gasteiger charge is -2.09. The molecular formula is C14H11ClN2. The van der Waals surface area contributed by atoms with Crippen LogP contribution >= 0.6 is 11.6 Å². The summed E-state index contributed by atoms with van der Waals surface area (Å²) in [6.45, 7) is 1.91. The Morgan fingerprint density at radius 2 is 1.94 bits per heavy atom. The smallest absolute Gasteiger partial charge is 0.0994 e. The molecule has 0 unspecified atom stereocenters. The van der Waals surface area contributed by atoms with Gasteiger partial charge in [-0.05, 0) is 42.8 Å². The van der Waals surface area contributed by atoms with Gasteiger partial charge in [0.05, 0.1) is 22.3 Å². The summed E-state index contributed by atoms with van der Waals surface area (Å²) in [6, 6.07) is 15.3. The highest BCUT2D eigenvalue weighted by molar-refractivity contribution is 6.33. The van der Waals surface area contributed by atoms with Crippen molar-refractivity contribution < 1.29 is 0 Å². The topological polar surface area (TPSA) is 35.8 Å². The lowest BCUT2D eigenvalue weighted by atomic mass is 10.1. The lowest BCUT2D eigenvalue weighted by molar-refractivity contribution is 1.39. The van der Waals surface area contributed by atoms with E-state index in [1.54, 1.807) is 6.07 Å². The zero-order valence-corrected chi connectivity index (χ0v) is 10.1. The lowest BCUT2D eigenvalue weighted by Crippen LogP contribution is -1.92. The summed E-state index contributed by atoms with van der Waals surface area (Å²) in [5.41, 5.74) is 3.42. The van der Waals surface area contributed by atoms with Gasteiger partial charge in [0.15, 0.2) is 0 Å². The van der Waals surface area contributed by atoms with Crippen molar-refractivity contribution in [3.8, 4) is 6.07 Å². The van der Waals surface area contributed by atoms with Crippen LogP contribution in [0.3, 0.4) is 0 Å². The van der Waals surface area contributed by atoms with Crippen LogP contribution in [0.25, 0.3) is 0 Å². The van der Waals surface area contributed by atoms with Crippen molar-refractivity contribution in [3.05, 3.63) is 58.6 Å². The van der Waals surface area contributed by atoms with Crippen molar-refractivity contribution in [1.29, 1.82) is 5.26 Å². The molecule has 0 saturated heterocycles. The fourth-order valence-electron chi connectivity index (χ4n) is 1.58. The van der Waals surface area contributed by atoms with Gasteiger partial charge >= 0.3 is 0 Å². The van der Waals surface area contributed by atoms with Crippen molar-refractivity contribution in [1.82, 2.24) is 0 Å². The summed E-state index contributed by atoms with van der Waals surface area (Å²) in [4.78, 5) is 0. The Morgan fingerprint density at radius 3 is 2.59 bits per heavy atom. The van der Waals surface area contributed by atoms with E-state index >= 15 is 0 Å². The van der Waals surface area contributed by atoms with Gasteiger partial charge in [0.2, 0.25) is 0 Å². The summed E-state index contributed by atoms with van der Waals surface area (Å²) in [5.74, 6) is 0. The van der Waals surface area contributed by atoms with Crippen molar-refractivity contribution in [3.63, 3.8) is 0 Å². The third-order valence-corrected chi connectivity index (χ3v) is 2.83. The van der Waals surface area contributed by atoms with E-state index in [1.807, 2.05) is 43.3 Å². The third-order valence-electron chi connectivity index (χ3n) is 2.50. The number of hydrogen-bond acceptors (Lipinski definition) is 2. The second-order valence-corrected chi connectivity index (χ2v) is 4.15. The highest BCUT2D eigenvalue weighted by Crippen LogP contribution is 2.25. The number of halogens is 1. The first-order valence-corrected chi connectivity index (χ1v) is 5.61. The fourth-order valence-corrected chi connectivity index (χ4v) is 1.77. The standard InChI is InChI=1S/C14H11ClN2/c1-10-8-12(7-6-11(10)9-16)17-14-5-3-2-4-13(14)15/h2-8,17H,1H3. The maximum atomic E-state index is 8.85. The molecule has 0 spiro atoms. The van der Waals surface area contributed by atoms with E-state index in [9.17, 15) is 0 Å². The van der Waals surface area contributed by atoms with Crippen LogP contribution in [0, 0.1) is 18.3 Å². The van der Waals surface area contributed by atoms with E-state index in [2.05, 4.69) is 11.4 Å². The van der Waals surface area contributed by atoms with Crippen molar-refractivity contribution in [2.45, 2.75) is 6.92 Å². The predicted molar refractivity (Wildman–Crippen MR) is 70.6 cm³/mol. The number of nitrogens with one attached hydrogen (secondary N) is 1. The first-order valence-electron chi connectivity index (χ1n) is 5.23. The Labute approximate surface area is 105 Å². The fraction of sp³-hybridized carbons (Fsp3) is 0.0714. The molecule has 2 aromatic rings. The molecule has 2 nitrogen and oxygen atoms in total. The van der Waals surface area contributed by atoms with Crippen LogP contribution < -0.4 is 5.32 Å². The van der Waals surface area contributed by atoms with E-state index in [1.165, 1.54) is 0 Å². The molecule has 0 aliphatic rings. The molecule has 0 saturated carbocycles. The van der Waals surface area contributed by atoms with Crippen LogP contribution in [-0.2, 0) is 0 Å². The Morgan fingerprint density at radius 1 is 1.18 bits per heavy atom. The normalized spacial score (nSPS) is 9.71. The van der Waals surface area contributed by atoms with Crippen LogP contribution in [0.15, 0.2) is 42.5 Å². The Kier molecular flexibility index (Phi) is 3.32. The Hall–Kier alpha value is -1.98. The first kappa shape index (κ1) is 11.5. The van der Waals surface area contributed by atoms with Crippen LogP contribution in [0.5, 0.6) is 0 Å². The number of aryl methyl sites for hydroxylation is 1. The van der Waals surface area contributed by atoms with E-state index in [4.69, 9.17) is 16.9 Å². The largest absolute Gasteiger partial charge is 0.354 e. The summed E-state index contributed by atoms with van der Waals surface area (Å²) in [6.07, 6.45) is 0. The Bertz CT molecular complexity index is 585. The highest BCUT2D eigenvalue weighted by Gasteiger charge is 2.02. The van der Waals surface area contributed by atoms with Crippen LogP contribution in [0.4, 0.5) is 11.4 Å². The molecule has 84 valence electrons. The number of nitriles is 1. The molecule has 1 N–H and O–H groups in total. The summed E-state index contributed by atoms with van der Waals surface area (Å²) in [7, 11) is 0. The molecule has 0 aliphatic heterocycles. The second kappa shape index (κ2) is 4.90. The quantitative estimate of drug-likeness (QED) is 0.854. The monoisotopic (exact) mass is 242 g/mol. The second-order valence-electron chi connectivity index (χ2n) is 3.75. The van der Waals surface area contributed by atoms with E-state index in [0.717, 1.165) is 16.9 Å². The number of nitrogens with zero attached hydrogens (tertiary/aromatic N) is 1. The molecule has 2 aromatic carbocycles. The van der Waals surface area contributed by atoms with Gasteiger partial charge in [-0.2, -0.15) is 5.26 Å². The molecular weight excluding hydrogens is 232 g/mol. The maximum absolute atomic E-state index is 8.85. The molecule has 0 amide bonds. The summed E-state index contributed by atoms with van der Waals surface area (Å²) in [5, 5.41) is 12.8. The minimum atomic E-state index is 0.675. The zero-order valence-electron chi connectivity index (χ0n) is 9.37. The molecule has 0 fully saturated rings. The number of benzene rings is 2. The van der Waals surface area contributed by atoms with Crippen LogP contribution in [-0.4, -0.2) is 0 Å². The molecule has 2 rings (SSSR count). The molecule has 17 heavy (non-hydrogen) atoms. The molecule has 0 atom stereocenters. The van der Waals surface area contributed by atoms with Gasteiger partial charge in [-0.3, -0.25) is 0 Å². The predicted octanol–water partition coefficient (Wildman–Crippen LogP) is 4.26. The van der Waals surface area contributed by atoms with Crippen LogP contribution in [0.1, 0.15) is 11.1 Å². The molecule has 0 radical (unpaired) electrons. The molecule has 0 aromatic heterocycles. The number of para-hydroxylation sites is 1. The minimum Gasteiger partial charge on any atom is -0.354 e. The van der Waals surface area contributed by atoms with Crippen molar-refractivity contribution >= 4 is 23.0 Å². The van der Waals surface area contributed by atoms with Gasteiger partial charge in [-0.15, -0.1) is 0 Å². The molecule has 0 aliphatic carbocycles. The Balaban J connectivity index is 2.29. The molecule has 0 bridgehead atoms. The highest BCUT2D eigenvalue weighted by atomic mass is 35.5. The van der Waals surface area contributed by atoms with Crippen molar-refractivity contribution in [2.75, 3.05) is 5.32 Å². The first-order chi connectivity index (χ1) is 8.20. The summed E-state index contributed by atoms with van der Waals surface area (Å²) < 4.78 is 0. The number of anilines is 2. The molecule has 3 heteroatoms. The van der Waals surface area contributed by atoms with Crippen molar-refractivity contribution in [2.24, 2.45) is 0 Å². The van der Waals surface area contributed by atoms with Gasteiger partial charge in [0.25, 0.3) is 0 Å². The third kappa shape index (κ3) is 2.58. The summed E-state index contributed by atoms with van der Waals surface area (Å²) >= 11 is 6.06. The minimum absolute atomic E-state index is 0.675. The average molecular weight is 243 g/mol. The zero-order chi connectivity index (χ0) is 12.3. The van der Waals surface area contributed by atoms with Crippen LogP contribution in [0.2, 0.25) is 5.02 Å². The van der Waals surface area contributed by atoms with Gasteiger partial charge in [0.1, 0.15) is 0 Å². The SMILES string of the molecule is Cc1cc(Nc2ccccc2Cl)ccc1C#N. The van der Waals surface area contributed by atoms with Gasteiger partial charge < -0.3 is 5.32 Å².